The Morgan fingerprint density at radius 1 is 1.29 bits per heavy atom. The Kier molecular flexibility index (Phi) is 5.54. The molecule has 1 aromatic carbocycles. The van der Waals surface area contributed by atoms with Gasteiger partial charge < -0.3 is 10.2 Å². The quantitative estimate of drug-likeness (QED) is 0.828. The zero-order valence-corrected chi connectivity index (χ0v) is 13.6. The van der Waals surface area contributed by atoms with Crippen LogP contribution in [0.5, 0.6) is 0 Å². The molecule has 0 amide bonds. The van der Waals surface area contributed by atoms with E-state index in [1.54, 1.807) is 6.07 Å². The number of likely N-dealkylation sites (tertiary alicyclic amines) is 1. The van der Waals surface area contributed by atoms with Gasteiger partial charge in [0.2, 0.25) is 0 Å². The number of piperidine rings is 1. The van der Waals surface area contributed by atoms with Crippen LogP contribution in [0.2, 0.25) is 0 Å². The highest BCUT2D eigenvalue weighted by Gasteiger charge is 2.34. The number of hydrogen-bond acceptors (Lipinski definition) is 2. The summed E-state index contributed by atoms with van der Waals surface area (Å²) in [5.41, 5.74) is -0.424. The molecular weight excluding hydrogens is 345 g/mol. The van der Waals surface area contributed by atoms with Crippen LogP contribution in [0.15, 0.2) is 22.7 Å². The third-order valence-electron chi connectivity index (χ3n) is 3.77. The Morgan fingerprint density at radius 2 is 1.95 bits per heavy atom. The Morgan fingerprint density at radius 3 is 2.52 bits per heavy atom. The number of alkyl halides is 3. The standard InChI is InChI=1S/C15H20BrF3N2/c1-2-7-21-8-5-12(6-9-21)20-14-4-3-11(16)10-13(14)15(17,18)19/h3-4,10,12,20H,2,5-9H2,1H3. The molecule has 0 atom stereocenters. The van der Waals surface area contributed by atoms with E-state index in [0.717, 1.165) is 45.0 Å². The SMILES string of the molecule is CCCN1CCC(Nc2ccc(Br)cc2C(F)(F)F)CC1. The Hall–Kier alpha value is -0.750. The summed E-state index contributed by atoms with van der Waals surface area (Å²) in [6.45, 7) is 5.10. The second-order valence-corrected chi connectivity index (χ2v) is 6.36. The minimum Gasteiger partial charge on any atom is -0.382 e. The zero-order valence-electron chi connectivity index (χ0n) is 12.0. The molecule has 0 aromatic heterocycles. The van der Waals surface area contributed by atoms with Gasteiger partial charge in [-0.3, -0.25) is 0 Å². The summed E-state index contributed by atoms with van der Waals surface area (Å²) in [6, 6.07) is 4.39. The average Bonchev–Trinajstić information content (AvgIpc) is 2.42. The van der Waals surface area contributed by atoms with Crippen molar-refractivity contribution in [1.82, 2.24) is 4.90 Å². The predicted octanol–water partition coefficient (Wildman–Crippen LogP) is 4.75. The third-order valence-corrected chi connectivity index (χ3v) is 4.27. The zero-order chi connectivity index (χ0) is 15.5. The number of nitrogens with one attached hydrogen (secondary N) is 1. The predicted molar refractivity (Wildman–Crippen MR) is 82.5 cm³/mol. The molecule has 1 saturated heterocycles. The lowest BCUT2D eigenvalue weighted by Gasteiger charge is -2.33. The van der Waals surface area contributed by atoms with E-state index in [4.69, 9.17) is 0 Å². The van der Waals surface area contributed by atoms with Crippen molar-refractivity contribution in [3.05, 3.63) is 28.2 Å². The van der Waals surface area contributed by atoms with Crippen LogP contribution in [0.3, 0.4) is 0 Å². The van der Waals surface area contributed by atoms with Crippen molar-refractivity contribution in [3.63, 3.8) is 0 Å². The van der Waals surface area contributed by atoms with E-state index in [-0.39, 0.29) is 11.7 Å². The maximum absolute atomic E-state index is 13.1. The second-order valence-electron chi connectivity index (χ2n) is 5.45. The second kappa shape index (κ2) is 7.01. The summed E-state index contributed by atoms with van der Waals surface area (Å²) in [5, 5.41) is 3.08. The highest BCUT2D eigenvalue weighted by Crippen LogP contribution is 2.37. The van der Waals surface area contributed by atoms with Crippen LogP contribution in [0.4, 0.5) is 18.9 Å². The highest BCUT2D eigenvalue weighted by molar-refractivity contribution is 9.10. The summed E-state index contributed by atoms with van der Waals surface area (Å²) >= 11 is 3.10. The fraction of sp³-hybridized carbons (Fsp3) is 0.600. The molecule has 0 spiro atoms. The lowest BCUT2D eigenvalue weighted by molar-refractivity contribution is -0.137. The highest BCUT2D eigenvalue weighted by atomic mass is 79.9. The Labute approximate surface area is 131 Å². The first kappa shape index (κ1) is 16.6. The third kappa shape index (κ3) is 4.61. The van der Waals surface area contributed by atoms with Gasteiger partial charge in [-0.15, -0.1) is 0 Å². The first-order valence-electron chi connectivity index (χ1n) is 7.25. The van der Waals surface area contributed by atoms with Gasteiger partial charge >= 0.3 is 6.18 Å². The van der Waals surface area contributed by atoms with Gasteiger partial charge in [-0.2, -0.15) is 13.2 Å². The van der Waals surface area contributed by atoms with Gasteiger partial charge in [-0.05, 0) is 44.0 Å². The van der Waals surface area contributed by atoms with Gasteiger partial charge in [-0.1, -0.05) is 22.9 Å². The molecule has 0 unspecified atom stereocenters. The van der Waals surface area contributed by atoms with E-state index in [2.05, 4.69) is 33.1 Å². The van der Waals surface area contributed by atoms with E-state index in [1.807, 2.05) is 0 Å². The summed E-state index contributed by atoms with van der Waals surface area (Å²) < 4.78 is 39.7. The number of halogens is 4. The first-order chi connectivity index (χ1) is 9.90. The number of rotatable bonds is 4. The van der Waals surface area contributed by atoms with Crippen molar-refractivity contribution < 1.29 is 13.2 Å². The molecule has 6 heteroatoms. The van der Waals surface area contributed by atoms with Gasteiger partial charge in [0.1, 0.15) is 0 Å². The van der Waals surface area contributed by atoms with E-state index in [9.17, 15) is 13.2 Å². The fourth-order valence-electron chi connectivity index (χ4n) is 2.71. The molecule has 1 fully saturated rings. The summed E-state index contributed by atoms with van der Waals surface area (Å²) in [6.07, 6.45) is -1.46. The van der Waals surface area contributed by atoms with Gasteiger partial charge in [0, 0.05) is 29.3 Å². The van der Waals surface area contributed by atoms with Crippen LogP contribution in [-0.2, 0) is 6.18 Å². The van der Waals surface area contributed by atoms with Crippen molar-refractivity contribution in [3.8, 4) is 0 Å². The molecule has 2 nitrogen and oxygen atoms in total. The van der Waals surface area contributed by atoms with Gasteiger partial charge in [0.05, 0.1) is 5.56 Å². The number of hydrogen-bond donors (Lipinski definition) is 1. The lowest BCUT2D eigenvalue weighted by Crippen LogP contribution is -2.39. The molecule has 1 aliphatic rings. The summed E-state index contributed by atoms with van der Waals surface area (Å²) in [5.74, 6) is 0. The smallest absolute Gasteiger partial charge is 0.382 e. The molecule has 1 heterocycles. The van der Waals surface area contributed by atoms with E-state index >= 15 is 0 Å². The van der Waals surface area contributed by atoms with Crippen molar-refractivity contribution in [2.75, 3.05) is 25.0 Å². The molecule has 0 radical (unpaired) electrons. The van der Waals surface area contributed by atoms with Crippen LogP contribution in [0.25, 0.3) is 0 Å². The van der Waals surface area contributed by atoms with Crippen molar-refractivity contribution in [2.24, 2.45) is 0 Å². The Balaban J connectivity index is 2.04. The molecule has 0 saturated carbocycles. The molecule has 0 aliphatic carbocycles. The molecule has 2 rings (SSSR count). The normalized spacial score (nSPS) is 18.0. The summed E-state index contributed by atoms with van der Waals surface area (Å²) in [7, 11) is 0. The molecule has 21 heavy (non-hydrogen) atoms. The average molecular weight is 365 g/mol. The number of anilines is 1. The molecule has 1 aromatic rings. The lowest BCUT2D eigenvalue weighted by atomic mass is 10.0. The van der Waals surface area contributed by atoms with Crippen LogP contribution >= 0.6 is 15.9 Å². The van der Waals surface area contributed by atoms with Crippen LogP contribution in [-0.4, -0.2) is 30.6 Å². The maximum Gasteiger partial charge on any atom is 0.418 e. The molecular formula is C15H20BrF3N2. The molecule has 0 bridgehead atoms. The molecule has 1 N–H and O–H groups in total. The molecule has 1 aliphatic heterocycles. The largest absolute Gasteiger partial charge is 0.418 e. The topological polar surface area (TPSA) is 15.3 Å². The number of nitrogens with zero attached hydrogens (tertiary/aromatic N) is 1. The van der Waals surface area contributed by atoms with Gasteiger partial charge in [0.15, 0.2) is 0 Å². The van der Waals surface area contributed by atoms with Crippen molar-refractivity contribution >= 4 is 21.6 Å². The van der Waals surface area contributed by atoms with Crippen LogP contribution in [0.1, 0.15) is 31.7 Å². The maximum atomic E-state index is 13.1. The van der Waals surface area contributed by atoms with Gasteiger partial charge in [0.25, 0.3) is 0 Å². The number of benzene rings is 1. The Bertz CT molecular complexity index is 468. The van der Waals surface area contributed by atoms with Crippen molar-refractivity contribution in [2.45, 2.75) is 38.4 Å². The van der Waals surface area contributed by atoms with Gasteiger partial charge in [-0.25, -0.2) is 0 Å². The van der Waals surface area contributed by atoms with Crippen LogP contribution < -0.4 is 5.32 Å². The van der Waals surface area contributed by atoms with Crippen LogP contribution in [0, 0.1) is 0 Å². The van der Waals surface area contributed by atoms with E-state index < -0.39 is 11.7 Å². The fourth-order valence-corrected chi connectivity index (χ4v) is 3.08. The summed E-state index contributed by atoms with van der Waals surface area (Å²) in [4.78, 5) is 2.37. The first-order valence-corrected chi connectivity index (χ1v) is 8.05. The van der Waals surface area contributed by atoms with Crippen molar-refractivity contribution in [1.29, 1.82) is 0 Å². The minimum atomic E-state index is -4.34. The minimum absolute atomic E-state index is 0.111. The van der Waals surface area contributed by atoms with E-state index in [1.165, 1.54) is 6.07 Å². The molecule has 118 valence electrons. The van der Waals surface area contributed by atoms with E-state index in [0.29, 0.717) is 4.47 Å². The monoisotopic (exact) mass is 364 g/mol.